The Kier molecular flexibility index (Phi) is 4.88. The normalized spacial score (nSPS) is 18.2. The van der Waals surface area contributed by atoms with Crippen LogP contribution in [-0.4, -0.2) is 19.9 Å². The van der Waals surface area contributed by atoms with Crippen LogP contribution in [0.3, 0.4) is 0 Å². The second-order valence-electron chi connectivity index (χ2n) is 6.52. The smallest absolute Gasteiger partial charge is 0.244 e. The summed E-state index contributed by atoms with van der Waals surface area (Å²) in [6.07, 6.45) is 7.10. The highest BCUT2D eigenvalue weighted by molar-refractivity contribution is 7.89. The van der Waals surface area contributed by atoms with Crippen LogP contribution >= 0.6 is 0 Å². The van der Waals surface area contributed by atoms with Crippen LogP contribution < -0.4 is 10.5 Å². The minimum atomic E-state index is -3.59. The lowest BCUT2D eigenvalue weighted by molar-refractivity contribution is 0.236. The lowest BCUT2D eigenvalue weighted by Gasteiger charge is -2.31. The molecule has 1 saturated carbocycles. The summed E-state index contributed by atoms with van der Waals surface area (Å²) in [5.41, 5.74) is 5.77. The molecule has 6 heteroatoms. The average Bonchev–Trinajstić information content (AvgIpc) is 2.85. The molecule has 1 aromatic rings. The van der Waals surface area contributed by atoms with Crippen LogP contribution in [0, 0.1) is 11.3 Å². The van der Waals surface area contributed by atoms with Gasteiger partial charge in [0.25, 0.3) is 0 Å². The highest BCUT2D eigenvalue weighted by Crippen LogP contribution is 2.42. The first kappa shape index (κ1) is 16.2. The quantitative estimate of drug-likeness (QED) is 0.845. The van der Waals surface area contributed by atoms with Gasteiger partial charge in [0.2, 0.25) is 10.0 Å². The van der Waals surface area contributed by atoms with E-state index in [0.717, 1.165) is 19.3 Å². The van der Waals surface area contributed by atoms with Gasteiger partial charge in [0.15, 0.2) is 0 Å². The summed E-state index contributed by atoms with van der Waals surface area (Å²) in [7, 11) is -3.59. The zero-order chi connectivity index (χ0) is 15.5. The molecule has 0 amide bonds. The Labute approximate surface area is 127 Å². The minimum Gasteiger partial charge on any atom is -0.383 e. The maximum Gasteiger partial charge on any atom is 0.244 e. The van der Waals surface area contributed by atoms with Crippen molar-refractivity contribution in [1.29, 1.82) is 0 Å². The number of nitrogens with two attached hydrogens (primary N) is 1. The summed E-state index contributed by atoms with van der Waals surface area (Å²) in [4.78, 5) is 3.92. The van der Waals surface area contributed by atoms with Gasteiger partial charge in [-0.25, -0.2) is 18.1 Å². The van der Waals surface area contributed by atoms with Crippen LogP contribution in [0.5, 0.6) is 0 Å². The van der Waals surface area contributed by atoms with E-state index in [1.165, 1.54) is 25.1 Å². The van der Waals surface area contributed by atoms with Crippen molar-refractivity contribution in [2.24, 2.45) is 11.3 Å². The van der Waals surface area contributed by atoms with Crippen molar-refractivity contribution in [3.05, 3.63) is 18.3 Å². The molecule has 1 aliphatic carbocycles. The third-order valence-electron chi connectivity index (χ3n) is 4.23. The third-order valence-corrected chi connectivity index (χ3v) is 5.68. The van der Waals surface area contributed by atoms with Gasteiger partial charge < -0.3 is 5.73 Å². The summed E-state index contributed by atoms with van der Waals surface area (Å²) >= 11 is 0. The van der Waals surface area contributed by atoms with E-state index in [-0.39, 0.29) is 16.1 Å². The number of nitrogens with one attached hydrogen (secondary N) is 1. The second kappa shape index (κ2) is 6.32. The summed E-state index contributed by atoms with van der Waals surface area (Å²) in [6, 6.07) is 3.08. The second-order valence-corrected chi connectivity index (χ2v) is 8.25. The van der Waals surface area contributed by atoms with Crippen LogP contribution in [0.2, 0.25) is 0 Å². The zero-order valence-corrected chi connectivity index (χ0v) is 13.6. The van der Waals surface area contributed by atoms with Crippen LogP contribution in [0.4, 0.5) is 5.82 Å². The number of pyridine rings is 1. The number of nitrogens with zero attached hydrogens (tertiary/aromatic N) is 1. The zero-order valence-electron chi connectivity index (χ0n) is 12.8. The first-order chi connectivity index (χ1) is 9.85. The Morgan fingerprint density at radius 2 is 2.05 bits per heavy atom. The molecule has 5 nitrogen and oxygen atoms in total. The molecule has 0 spiro atoms. The highest BCUT2D eigenvalue weighted by Gasteiger charge is 2.35. The molecule has 0 atom stereocenters. The molecule has 1 aliphatic rings. The predicted molar refractivity (Wildman–Crippen MR) is 84.2 cm³/mol. The van der Waals surface area contributed by atoms with Crippen molar-refractivity contribution in [3.63, 3.8) is 0 Å². The molecule has 0 aliphatic heterocycles. The van der Waals surface area contributed by atoms with Crippen LogP contribution in [0.15, 0.2) is 23.2 Å². The van der Waals surface area contributed by atoms with Crippen molar-refractivity contribution in [2.45, 2.75) is 50.8 Å². The molecule has 1 fully saturated rings. The van der Waals surface area contributed by atoms with Gasteiger partial charge in [-0.1, -0.05) is 26.7 Å². The van der Waals surface area contributed by atoms with E-state index in [2.05, 4.69) is 23.6 Å². The molecule has 0 radical (unpaired) electrons. The number of rotatable bonds is 6. The van der Waals surface area contributed by atoms with Crippen molar-refractivity contribution < 1.29 is 8.42 Å². The van der Waals surface area contributed by atoms with E-state index in [4.69, 9.17) is 5.73 Å². The fourth-order valence-electron chi connectivity index (χ4n) is 3.40. The molecule has 1 heterocycles. The van der Waals surface area contributed by atoms with Crippen molar-refractivity contribution in [2.75, 3.05) is 12.3 Å². The molecule has 1 aromatic heterocycles. The minimum absolute atomic E-state index is 0.0503. The molecule has 0 bridgehead atoms. The Balaban J connectivity index is 2.12. The molecule has 0 saturated heterocycles. The Bertz CT molecular complexity index is 578. The Morgan fingerprint density at radius 1 is 1.38 bits per heavy atom. The van der Waals surface area contributed by atoms with Gasteiger partial charge in [-0.3, -0.25) is 0 Å². The van der Waals surface area contributed by atoms with Crippen LogP contribution in [0.1, 0.15) is 46.0 Å². The molecule has 3 N–H and O–H groups in total. The van der Waals surface area contributed by atoms with Crippen molar-refractivity contribution in [1.82, 2.24) is 9.71 Å². The van der Waals surface area contributed by atoms with E-state index in [1.54, 1.807) is 6.07 Å². The fraction of sp³-hybridized carbons (Fsp3) is 0.667. The summed E-state index contributed by atoms with van der Waals surface area (Å²) in [6.45, 7) is 4.86. The summed E-state index contributed by atoms with van der Waals surface area (Å²) < 4.78 is 27.6. The van der Waals surface area contributed by atoms with Gasteiger partial charge in [0.1, 0.15) is 10.7 Å². The first-order valence-corrected chi connectivity index (χ1v) is 9.03. The predicted octanol–water partition coefficient (Wildman–Crippen LogP) is 2.55. The highest BCUT2D eigenvalue weighted by atomic mass is 32.2. The maximum atomic E-state index is 12.4. The first-order valence-electron chi connectivity index (χ1n) is 7.55. The number of anilines is 1. The molecule has 21 heavy (non-hydrogen) atoms. The molecule has 118 valence electrons. The van der Waals surface area contributed by atoms with E-state index in [1.807, 2.05) is 0 Å². The lowest BCUT2D eigenvalue weighted by Crippen LogP contribution is -2.37. The molecular weight excluding hydrogens is 286 g/mol. The number of nitrogen functional groups attached to an aromatic ring is 1. The van der Waals surface area contributed by atoms with Crippen molar-refractivity contribution in [3.8, 4) is 0 Å². The van der Waals surface area contributed by atoms with E-state index >= 15 is 0 Å². The van der Waals surface area contributed by atoms with E-state index in [0.29, 0.717) is 12.5 Å². The van der Waals surface area contributed by atoms with Crippen LogP contribution in [-0.2, 0) is 10.0 Å². The van der Waals surface area contributed by atoms with Gasteiger partial charge in [-0.2, -0.15) is 0 Å². The van der Waals surface area contributed by atoms with Gasteiger partial charge in [0, 0.05) is 12.7 Å². The average molecular weight is 311 g/mol. The third kappa shape index (κ3) is 3.95. The van der Waals surface area contributed by atoms with E-state index < -0.39 is 10.0 Å². The number of hydrogen-bond acceptors (Lipinski definition) is 4. The van der Waals surface area contributed by atoms with E-state index in [9.17, 15) is 8.42 Å². The fourth-order valence-corrected chi connectivity index (χ4v) is 4.64. The molecule has 0 aromatic carbocycles. The standard InChI is InChI=1S/C15H25N3O2S/c1-12(2)10-15(7-3-4-8-15)11-18-21(19,20)13-6-5-9-17-14(13)16/h5-6,9,12,18H,3-4,7-8,10-11H2,1-2H3,(H2,16,17). The van der Waals surface area contributed by atoms with Gasteiger partial charge in [0.05, 0.1) is 0 Å². The van der Waals surface area contributed by atoms with Gasteiger partial charge in [-0.05, 0) is 42.7 Å². The van der Waals surface area contributed by atoms with Gasteiger partial charge in [-0.15, -0.1) is 0 Å². The largest absolute Gasteiger partial charge is 0.383 e. The molecular formula is C15H25N3O2S. The Morgan fingerprint density at radius 3 is 2.62 bits per heavy atom. The number of sulfonamides is 1. The summed E-state index contributed by atoms with van der Waals surface area (Å²) in [5.74, 6) is 0.616. The molecule has 0 unspecified atom stereocenters. The summed E-state index contributed by atoms with van der Waals surface area (Å²) in [5, 5.41) is 0. The maximum absolute atomic E-state index is 12.4. The topological polar surface area (TPSA) is 85.1 Å². The Hall–Kier alpha value is -1.14. The monoisotopic (exact) mass is 311 g/mol. The SMILES string of the molecule is CC(C)CC1(CNS(=O)(=O)c2cccnc2N)CCCC1. The molecule has 2 rings (SSSR count). The van der Waals surface area contributed by atoms with Crippen LogP contribution in [0.25, 0.3) is 0 Å². The van der Waals surface area contributed by atoms with Gasteiger partial charge >= 0.3 is 0 Å². The van der Waals surface area contributed by atoms with Crippen molar-refractivity contribution >= 4 is 15.8 Å². The lowest BCUT2D eigenvalue weighted by atomic mass is 9.79. The number of aromatic nitrogens is 1. The number of hydrogen-bond donors (Lipinski definition) is 2.